The molecule has 0 spiro atoms. The van der Waals surface area contributed by atoms with Crippen LogP contribution >= 0.6 is 0 Å². The van der Waals surface area contributed by atoms with Crippen LogP contribution in [0.4, 0.5) is 5.82 Å². The van der Waals surface area contributed by atoms with E-state index in [2.05, 4.69) is 28.0 Å². The van der Waals surface area contributed by atoms with Crippen LogP contribution in [-0.4, -0.2) is 46.0 Å². The number of aliphatic hydroxyl groups is 1. The summed E-state index contributed by atoms with van der Waals surface area (Å²) < 4.78 is 7.22. The van der Waals surface area contributed by atoms with Crippen molar-refractivity contribution in [2.45, 2.75) is 19.8 Å². The van der Waals surface area contributed by atoms with Crippen LogP contribution in [0, 0.1) is 17.2 Å². The lowest BCUT2D eigenvalue weighted by Gasteiger charge is -2.31. The molecule has 0 aromatic carbocycles. The number of nitriles is 1. The van der Waals surface area contributed by atoms with E-state index in [1.54, 1.807) is 16.9 Å². The molecular formula is C21H23N5O2. The van der Waals surface area contributed by atoms with Gasteiger partial charge in [0.2, 0.25) is 0 Å². The van der Waals surface area contributed by atoms with Gasteiger partial charge in [0.15, 0.2) is 0 Å². The van der Waals surface area contributed by atoms with Crippen LogP contribution in [0.5, 0.6) is 5.75 Å². The maximum atomic E-state index is 9.46. The van der Waals surface area contributed by atoms with Crippen LogP contribution in [0.2, 0.25) is 0 Å². The van der Waals surface area contributed by atoms with E-state index in [-0.39, 0.29) is 13.2 Å². The first-order chi connectivity index (χ1) is 13.7. The van der Waals surface area contributed by atoms with E-state index in [0.717, 1.165) is 35.6 Å². The van der Waals surface area contributed by atoms with E-state index in [4.69, 9.17) is 9.84 Å². The van der Waals surface area contributed by atoms with Gasteiger partial charge in [-0.3, -0.25) is 0 Å². The zero-order chi connectivity index (χ0) is 19.5. The van der Waals surface area contributed by atoms with E-state index in [1.807, 2.05) is 24.4 Å². The van der Waals surface area contributed by atoms with Gasteiger partial charge in [-0.1, -0.05) is 6.92 Å². The van der Waals surface area contributed by atoms with Crippen molar-refractivity contribution >= 4 is 11.3 Å². The molecule has 1 aliphatic heterocycles. The predicted molar refractivity (Wildman–Crippen MR) is 106 cm³/mol. The number of nitrogens with zero attached hydrogens (tertiary/aromatic N) is 5. The van der Waals surface area contributed by atoms with Gasteiger partial charge in [-0.2, -0.15) is 10.4 Å². The first kappa shape index (κ1) is 18.3. The second-order valence-electron chi connectivity index (χ2n) is 7.22. The summed E-state index contributed by atoms with van der Waals surface area (Å²) in [5.41, 5.74) is 2.94. The quantitative estimate of drug-likeness (QED) is 0.736. The number of hydrogen-bond acceptors (Lipinski definition) is 6. The Morgan fingerprint density at radius 2 is 2.25 bits per heavy atom. The molecule has 0 unspecified atom stereocenters. The topological polar surface area (TPSA) is 86.7 Å². The molecule has 144 valence electrons. The fraction of sp³-hybridized carbons (Fsp3) is 0.381. The lowest BCUT2D eigenvalue weighted by atomic mass is 10.0. The minimum absolute atomic E-state index is 0.0690. The second kappa shape index (κ2) is 7.87. The maximum Gasteiger partial charge on any atom is 0.138 e. The van der Waals surface area contributed by atoms with E-state index >= 15 is 0 Å². The van der Waals surface area contributed by atoms with Crippen LogP contribution < -0.4 is 9.64 Å². The molecule has 0 aliphatic carbocycles. The summed E-state index contributed by atoms with van der Waals surface area (Å²) in [5, 5.41) is 22.8. The monoisotopic (exact) mass is 377 g/mol. The summed E-state index contributed by atoms with van der Waals surface area (Å²) in [6.07, 6.45) is 7.56. The van der Waals surface area contributed by atoms with Crippen molar-refractivity contribution in [2.24, 2.45) is 5.92 Å². The molecule has 7 nitrogen and oxygen atoms in total. The molecule has 3 aromatic heterocycles. The number of aromatic nitrogens is 3. The standard InChI is InChI=1S/C21H23N5O2/c1-15-3-2-6-25(13-15)20-5-4-16(11-23-20)19-9-18(28-8-7-27)14-26-21(19)17(10-22)12-24-26/h4-5,9,11-12,14-15,27H,2-3,6-8,13H2,1H3/t15-/m0/s1. The van der Waals surface area contributed by atoms with Crippen molar-refractivity contribution in [3.63, 3.8) is 0 Å². The van der Waals surface area contributed by atoms with E-state index in [1.165, 1.54) is 12.8 Å². The highest BCUT2D eigenvalue weighted by Crippen LogP contribution is 2.31. The number of piperidine rings is 1. The summed E-state index contributed by atoms with van der Waals surface area (Å²) in [5.74, 6) is 2.24. The first-order valence-electron chi connectivity index (χ1n) is 9.56. The molecule has 1 aliphatic rings. The summed E-state index contributed by atoms with van der Waals surface area (Å²) in [4.78, 5) is 7.01. The normalized spacial score (nSPS) is 16.9. The molecular weight excluding hydrogens is 354 g/mol. The molecule has 0 radical (unpaired) electrons. The van der Waals surface area contributed by atoms with Crippen LogP contribution in [-0.2, 0) is 0 Å². The number of pyridine rings is 2. The van der Waals surface area contributed by atoms with Crippen molar-refractivity contribution in [3.8, 4) is 22.9 Å². The number of aliphatic hydroxyl groups excluding tert-OH is 1. The number of fused-ring (bicyclic) bond motifs is 1. The van der Waals surface area contributed by atoms with E-state index in [9.17, 15) is 5.26 Å². The van der Waals surface area contributed by atoms with Crippen LogP contribution in [0.3, 0.4) is 0 Å². The van der Waals surface area contributed by atoms with Gasteiger partial charge in [-0.05, 0) is 37.0 Å². The molecule has 0 amide bonds. The van der Waals surface area contributed by atoms with Crippen molar-refractivity contribution in [1.82, 2.24) is 14.6 Å². The smallest absolute Gasteiger partial charge is 0.138 e. The van der Waals surface area contributed by atoms with Gasteiger partial charge in [0.25, 0.3) is 0 Å². The Morgan fingerprint density at radius 1 is 1.36 bits per heavy atom. The van der Waals surface area contributed by atoms with E-state index in [0.29, 0.717) is 17.2 Å². The predicted octanol–water partition coefficient (Wildman–Crippen LogP) is 2.88. The average Bonchev–Trinajstić information content (AvgIpc) is 3.15. The molecule has 1 fully saturated rings. The molecule has 1 N–H and O–H groups in total. The van der Waals surface area contributed by atoms with Crippen LogP contribution in [0.25, 0.3) is 16.6 Å². The summed E-state index contributed by atoms with van der Waals surface area (Å²) in [7, 11) is 0. The van der Waals surface area contributed by atoms with Gasteiger partial charge in [0.05, 0.1) is 30.1 Å². The Bertz CT molecular complexity index is 1010. The molecule has 28 heavy (non-hydrogen) atoms. The molecule has 1 atom stereocenters. The third-order valence-corrected chi connectivity index (χ3v) is 5.11. The Balaban J connectivity index is 1.72. The lowest BCUT2D eigenvalue weighted by Crippen LogP contribution is -2.34. The minimum Gasteiger partial charge on any atom is -0.490 e. The van der Waals surface area contributed by atoms with Crippen molar-refractivity contribution in [1.29, 1.82) is 5.26 Å². The summed E-state index contributed by atoms with van der Waals surface area (Å²) in [6, 6.07) is 8.13. The van der Waals surface area contributed by atoms with Gasteiger partial charge < -0.3 is 14.7 Å². The SMILES string of the molecule is C[C@H]1CCCN(c2ccc(-c3cc(OCCO)cn4ncc(C#N)c34)cn2)C1. The Kier molecular flexibility index (Phi) is 5.13. The highest BCUT2D eigenvalue weighted by Gasteiger charge is 2.18. The average molecular weight is 377 g/mol. The van der Waals surface area contributed by atoms with Gasteiger partial charge in [0.1, 0.15) is 24.2 Å². The van der Waals surface area contributed by atoms with Gasteiger partial charge >= 0.3 is 0 Å². The maximum absolute atomic E-state index is 9.46. The number of anilines is 1. The van der Waals surface area contributed by atoms with Crippen LogP contribution in [0.15, 0.2) is 36.8 Å². The highest BCUT2D eigenvalue weighted by molar-refractivity contribution is 5.85. The molecule has 4 rings (SSSR count). The largest absolute Gasteiger partial charge is 0.490 e. The Labute approximate surface area is 163 Å². The fourth-order valence-electron chi connectivity index (χ4n) is 3.77. The molecule has 4 heterocycles. The number of rotatable bonds is 5. The Morgan fingerprint density at radius 3 is 2.96 bits per heavy atom. The minimum atomic E-state index is -0.0690. The second-order valence-corrected chi connectivity index (χ2v) is 7.22. The number of hydrogen-bond donors (Lipinski definition) is 1. The molecule has 1 saturated heterocycles. The fourth-order valence-corrected chi connectivity index (χ4v) is 3.77. The highest BCUT2D eigenvalue weighted by atomic mass is 16.5. The van der Waals surface area contributed by atoms with E-state index < -0.39 is 0 Å². The van der Waals surface area contributed by atoms with Gasteiger partial charge in [-0.15, -0.1) is 0 Å². The first-order valence-corrected chi connectivity index (χ1v) is 9.56. The Hall–Kier alpha value is -3.11. The molecule has 7 heteroatoms. The van der Waals surface area contributed by atoms with Crippen molar-refractivity contribution in [2.75, 3.05) is 31.2 Å². The van der Waals surface area contributed by atoms with Gasteiger partial charge in [0, 0.05) is 30.4 Å². The third-order valence-electron chi connectivity index (χ3n) is 5.11. The number of ether oxygens (including phenoxy) is 1. The summed E-state index contributed by atoms with van der Waals surface area (Å²) in [6.45, 7) is 4.47. The zero-order valence-electron chi connectivity index (χ0n) is 15.9. The van der Waals surface area contributed by atoms with Crippen molar-refractivity contribution in [3.05, 3.63) is 42.4 Å². The lowest BCUT2D eigenvalue weighted by molar-refractivity contribution is 0.201. The molecule has 0 saturated carbocycles. The molecule has 0 bridgehead atoms. The van der Waals surface area contributed by atoms with Gasteiger partial charge in [-0.25, -0.2) is 9.50 Å². The summed E-state index contributed by atoms with van der Waals surface area (Å²) >= 11 is 0. The van der Waals surface area contributed by atoms with Crippen molar-refractivity contribution < 1.29 is 9.84 Å². The van der Waals surface area contributed by atoms with Crippen LogP contribution in [0.1, 0.15) is 25.3 Å². The third kappa shape index (κ3) is 3.51. The zero-order valence-corrected chi connectivity index (χ0v) is 15.9. The molecule has 3 aromatic rings.